The quantitative estimate of drug-likeness (QED) is 0.904. The number of piperidine rings is 1. The van der Waals surface area contributed by atoms with Crippen molar-refractivity contribution in [1.29, 1.82) is 0 Å². The number of hydrogen-bond acceptors (Lipinski definition) is 3. The fraction of sp³-hybridized carbons (Fsp3) is 0.600. The van der Waals surface area contributed by atoms with Crippen LogP contribution in [-0.4, -0.2) is 38.6 Å². The second-order valence-corrected chi connectivity index (χ2v) is 5.64. The molecule has 0 aliphatic carbocycles. The summed E-state index contributed by atoms with van der Waals surface area (Å²) in [6.07, 6.45) is 2.24. The molecule has 1 aliphatic heterocycles. The fourth-order valence-corrected chi connectivity index (χ4v) is 2.93. The number of nitrogens with zero attached hydrogens (tertiary/aromatic N) is 2. The zero-order chi connectivity index (χ0) is 13.8. The zero-order valence-electron chi connectivity index (χ0n) is 11.9. The van der Waals surface area contributed by atoms with Crippen LogP contribution in [0.15, 0.2) is 18.2 Å². The normalized spacial score (nSPS) is 17.2. The highest BCUT2D eigenvalue weighted by Crippen LogP contribution is 2.29. The molecule has 106 valence electrons. The fourth-order valence-electron chi connectivity index (χ4n) is 2.93. The van der Waals surface area contributed by atoms with Crippen LogP contribution < -0.4 is 10.6 Å². The lowest BCUT2D eigenvalue weighted by Gasteiger charge is -2.35. The Labute approximate surface area is 115 Å². The van der Waals surface area contributed by atoms with Crippen molar-refractivity contribution in [2.45, 2.75) is 19.4 Å². The van der Waals surface area contributed by atoms with E-state index in [1.165, 1.54) is 6.07 Å². The molecule has 1 fully saturated rings. The Bertz CT molecular complexity index is 412. The molecule has 3 nitrogen and oxygen atoms in total. The van der Waals surface area contributed by atoms with Crippen LogP contribution in [0.2, 0.25) is 0 Å². The molecule has 1 aromatic carbocycles. The van der Waals surface area contributed by atoms with Crippen LogP contribution in [0, 0.1) is 11.7 Å². The summed E-state index contributed by atoms with van der Waals surface area (Å²) < 4.78 is 14.0. The summed E-state index contributed by atoms with van der Waals surface area (Å²) in [6, 6.07) is 5.19. The van der Waals surface area contributed by atoms with E-state index < -0.39 is 0 Å². The van der Waals surface area contributed by atoms with E-state index in [-0.39, 0.29) is 5.82 Å². The summed E-state index contributed by atoms with van der Waals surface area (Å²) in [5, 5.41) is 0. The van der Waals surface area contributed by atoms with Gasteiger partial charge in [-0.3, -0.25) is 0 Å². The number of para-hydroxylation sites is 1. The molecule has 0 saturated carbocycles. The molecule has 2 rings (SSSR count). The van der Waals surface area contributed by atoms with Crippen LogP contribution in [0.1, 0.15) is 18.4 Å². The van der Waals surface area contributed by atoms with Gasteiger partial charge in [0.05, 0.1) is 5.69 Å². The maximum atomic E-state index is 14.0. The van der Waals surface area contributed by atoms with Gasteiger partial charge in [-0.25, -0.2) is 4.39 Å². The van der Waals surface area contributed by atoms with Gasteiger partial charge >= 0.3 is 0 Å². The molecule has 1 heterocycles. The third-order valence-electron chi connectivity index (χ3n) is 3.84. The average Bonchev–Trinajstić information content (AvgIpc) is 2.39. The Hall–Kier alpha value is -1.13. The van der Waals surface area contributed by atoms with Crippen molar-refractivity contribution in [2.75, 3.05) is 38.6 Å². The maximum absolute atomic E-state index is 14.0. The van der Waals surface area contributed by atoms with Gasteiger partial charge in [-0.15, -0.1) is 0 Å². The van der Waals surface area contributed by atoms with Crippen molar-refractivity contribution in [3.8, 4) is 0 Å². The second kappa shape index (κ2) is 6.35. The van der Waals surface area contributed by atoms with Gasteiger partial charge in [0, 0.05) is 26.2 Å². The number of hydrogen-bond donors (Lipinski definition) is 1. The Morgan fingerprint density at radius 1 is 1.32 bits per heavy atom. The molecule has 1 aliphatic rings. The molecule has 0 radical (unpaired) electrons. The summed E-state index contributed by atoms with van der Waals surface area (Å²) in [4.78, 5) is 4.39. The first-order valence-corrected chi connectivity index (χ1v) is 6.99. The molecular formula is C15H24FN3. The first kappa shape index (κ1) is 14.3. The predicted molar refractivity (Wildman–Crippen MR) is 77.8 cm³/mol. The Kier molecular flexibility index (Phi) is 4.77. The van der Waals surface area contributed by atoms with Gasteiger partial charge in [0.15, 0.2) is 0 Å². The minimum absolute atomic E-state index is 0.144. The molecular weight excluding hydrogens is 241 g/mol. The molecule has 0 bridgehead atoms. The van der Waals surface area contributed by atoms with E-state index in [4.69, 9.17) is 5.73 Å². The van der Waals surface area contributed by atoms with E-state index in [1.54, 1.807) is 6.07 Å². The van der Waals surface area contributed by atoms with Gasteiger partial charge < -0.3 is 15.5 Å². The highest BCUT2D eigenvalue weighted by Gasteiger charge is 2.23. The van der Waals surface area contributed by atoms with Gasteiger partial charge in [0.2, 0.25) is 0 Å². The molecule has 0 unspecified atom stereocenters. The molecule has 2 N–H and O–H groups in total. The largest absolute Gasteiger partial charge is 0.369 e. The van der Waals surface area contributed by atoms with Crippen molar-refractivity contribution < 1.29 is 4.39 Å². The smallest absolute Gasteiger partial charge is 0.146 e. The van der Waals surface area contributed by atoms with Gasteiger partial charge in [-0.1, -0.05) is 12.1 Å². The third kappa shape index (κ3) is 3.45. The Morgan fingerprint density at radius 3 is 2.58 bits per heavy atom. The maximum Gasteiger partial charge on any atom is 0.146 e. The Balaban J connectivity index is 2.05. The topological polar surface area (TPSA) is 32.5 Å². The summed E-state index contributed by atoms with van der Waals surface area (Å²) in [6.45, 7) is 3.36. The molecule has 1 saturated heterocycles. The lowest BCUT2D eigenvalue weighted by molar-refractivity contribution is 0.284. The van der Waals surface area contributed by atoms with E-state index in [2.05, 4.69) is 23.9 Å². The first-order chi connectivity index (χ1) is 9.11. The van der Waals surface area contributed by atoms with Crippen LogP contribution in [0.25, 0.3) is 0 Å². The highest BCUT2D eigenvalue weighted by molar-refractivity contribution is 5.55. The number of halogens is 1. The van der Waals surface area contributed by atoms with Crippen molar-refractivity contribution in [3.05, 3.63) is 29.6 Å². The minimum Gasteiger partial charge on any atom is -0.369 e. The van der Waals surface area contributed by atoms with E-state index in [0.717, 1.165) is 44.0 Å². The van der Waals surface area contributed by atoms with Gasteiger partial charge in [0.1, 0.15) is 5.82 Å². The number of rotatable bonds is 4. The monoisotopic (exact) mass is 265 g/mol. The van der Waals surface area contributed by atoms with Crippen LogP contribution >= 0.6 is 0 Å². The summed E-state index contributed by atoms with van der Waals surface area (Å²) in [5.74, 6) is 0.577. The van der Waals surface area contributed by atoms with Gasteiger partial charge in [-0.05, 0) is 44.5 Å². The second-order valence-electron chi connectivity index (χ2n) is 5.64. The predicted octanol–water partition coefficient (Wildman–Crippen LogP) is 2.06. The van der Waals surface area contributed by atoms with Crippen LogP contribution in [0.5, 0.6) is 0 Å². The van der Waals surface area contributed by atoms with E-state index in [9.17, 15) is 4.39 Å². The molecule has 1 aromatic rings. The molecule has 0 spiro atoms. The van der Waals surface area contributed by atoms with Gasteiger partial charge in [-0.2, -0.15) is 0 Å². The van der Waals surface area contributed by atoms with Crippen LogP contribution in [0.4, 0.5) is 10.1 Å². The molecule has 0 atom stereocenters. The molecule has 0 aromatic heterocycles. The van der Waals surface area contributed by atoms with E-state index >= 15 is 0 Å². The summed E-state index contributed by atoms with van der Waals surface area (Å²) in [5.41, 5.74) is 7.34. The van der Waals surface area contributed by atoms with Gasteiger partial charge in [0.25, 0.3) is 0 Å². The minimum atomic E-state index is -0.144. The lowest BCUT2D eigenvalue weighted by Crippen LogP contribution is -2.38. The van der Waals surface area contributed by atoms with Crippen molar-refractivity contribution in [1.82, 2.24) is 4.90 Å². The molecule has 19 heavy (non-hydrogen) atoms. The van der Waals surface area contributed by atoms with Crippen LogP contribution in [-0.2, 0) is 6.54 Å². The zero-order valence-corrected chi connectivity index (χ0v) is 11.9. The van der Waals surface area contributed by atoms with E-state index in [0.29, 0.717) is 12.2 Å². The third-order valence-corrected chi connectivity index (χ3v) is 3.84. The van der Waals surface area contributed by atoms with Crippen LogP contribution in [0.3, 0.4) is 0 Å². The molecule has 4 heteroatoms. The highest BCUT2D eigenvalue weighted by atomic mass is 19.1. The SMILES string of the molecule is CN(C)CC1CCN(c2c(F)cccc2CN)CC1. The first-order valence-electron chi connectivity index (χ1n) is 6.99. The number of anilines is 1. The van der Waals surface area contributed by atoms with Crippen molar-refractivity contribution in [2.24, 2.45) is 11.7 Å². The Morgan fingerprint density at radius 2 is 2.00 bits per heavy atom. The standard InChI is InChI=1S/C15H24FN3/c1-18(2)11-12-6-8-19(9-7-12)15-13(10-17)4-3-5-14(15)16/h3-5,12H,6-11,17H2,1-2H3. The van der Waals surface area contributed by atoms with E-state index in [1.807, 2.05) is 6.07 Å². The number of benzene rings is 1. The summed E-state index contributed by atoms with van der Waals surface area (Å²) in [7, 11) is 4.21. The average molecular weight is 265 g/mol. The van der Waals surface area contributed by atoms with Crippen molar-refractivity contribution >= 4 is 5.69 Å². The summed E-state index contributed by atoms with van der Waals surface area (Å²) >= 11 is 0. The number of nitrogens with two attached hydrogens (primary N) is 1. The molecule has 0 amide bonds. The van der Waals surface area contributed by atoms with Crippen molar-refractivity contribution in [3.63, 3.8) is 0 Å². The lowest BCUT2D eigenvalue weighted by atomic mass is 9.95.